The second-order valence-electron chi connectivity index (χ2n) is 5.38. The molecule has 1 aliphatic heterocycles. The molecule has 94 valence electrons. The number of hydrogen-bond acceptors (Lipinski definition) is 3. The van der Waals surface area contributed by atoms with Crippen LogP contribution >= 0.6 is 0 Å². The molecule has 1 heterocycles. The van der Waals surface area contributed by atoms with Gasteiger partial charge in [-0.05, 0) is 20.8 Å². The topological polar surface area (TPSA) is 46.2 Å². The Labute approximate surface area is 107 Å². The van der Waals surface area contributed by atoms with Gasteiger partial charge >= 0.3 is 0 Å². The van der Waals surface area contributed by atoms with Gasteiger partial charge in [-0.2, -0.15) is 0 Å². The van der Waals surface area contributed by atoms with Crippen LogP contribution in [0, 0.1) is 6.92 Å². The van der Waals surface area contributed by atoms with Crippen LogP contribution in [0.25, 0.3) is 0 Å². The average Bonchev–Trinajstić information content (AvgIpc) is 2.28. The Morgan fingerprint density at radius 3 is 2.39 bits per heavy atom. The van der Waals surface area contributed by atoms with Crippen molar-refractivity contribution in [2.24, 2.45) is 0 Å². The van der Waals surface area contributed by atoms with E-state index in [0.29, 0.717) is 12.0 Å². The summed E-state index contributed by atoms with van der Waals surface area (Å²) in [4.78, 5) is 24.2. The van der Waals surface area contributed by atoms with Crippen molar-refractivity contribution in [3.05, 3.63) is 47.2 Å². The Morgan fingerprint density at radius 1 is 1.22 bits per heavy atom. The van der Waals surface area contributed by atoms with E-state index in [9.17, 15) is 9.59 Å². The number of rotatable bonds is 2. The lowest BCUT2D eigenvalue weighted by Crippen LogP contribution is -2.43. The van der Waals surface area contributed by atoms with Crippen molar-refractivity contribution in [3.63, 3.8) is 0 Å². The second-order valence-corrected chi connectivity index (χ2v) is 5.38. The predicted molar refractivity (Wildman–Crippen MR) is 70.4 cm³/mol. The van der Waals surface area contributed by atoms with Crippen molar-refractivity contribution in [1.29, 1.82) is 0 Å². The highest BCUT2D eigenvalue weighted by Gasteiger charge is 2.30. The SMILES string of the molecule is Cc1ccc(C(=O)C2=CNC(C)(C)CC2=O)cc1. The zero-order chi connectivity index (χ0) is 13.3. The van der Waals surface area contributed by atoms with Crippen LogP contribution in [0.1, 0.15) is 36.2 Å². The summed E-state index contributed by atoms with van der Waals surface area (Å²) in [6, 6.07) is 7.26. The normalized spacial score (nSPS) is 17.9. The number of benzene rings is 1. The summed E-state index contributed by atoms with van der Waals surface area (Å²) in [5.74, 6) is -0.299. The van der Waals surface area contributed by atoms with Crippen molar-refractivity contribution in [2.75, 3.05) is 0 Å². The number of ketones is 2. The van der Waals surface area contributed by atoms with E-state index in [4.69, 9.17) is 0 Å². The molecule has 0 unspecified atom stereocenters. The van der Waals surface area contributed by atoms with Gasteiger partial charge in [0.2, 0.25) is 0 Å². The molecule has 0 aliphatic carbocycles. The van der Waals surface area contributed by atoms with Gasteiger partial charge in [0, 0.05) is 23.7 Å². The highest BCUT2D eigenvalue weighted by atomic mass is 16.1. The second kappa shape index (κ2) is 4.41. The van der Waals surface area contributed by atoms with Crippen molar-refractivity contribution in [2.45, 2.75) is 32.7 Å². The van der Waals surface area contributed by atoms with Crippen LogP contribution in [0.4, 0.5) is 0 Å². The van der Waals surface area contributed by atoms with Gasteiger partial charge in [-0.25, -0.2) is 0 Å². The molecule has 1 aromatic carbocycles. The number of allylic oxidation sites excluding steroid dienone is 1. The van der Waals surface area contributed by atoms with Crippen LogP contribution in [0.2, 0.25) is 0 Å². The maximum absolute atomic E-state index is 12.2. The minimum Gasteiger partial charge on any atom is -0.385 e. The van der Waals surface area contributed by atoms with Gasteiger partial charge in [0.05, 0.1) is 5.57 Å². The largest absolute Gasteiger partial charge is 0.385 e. The molecular formula is C15H17NO2. The molecule has 1 aliphatic rings. The van der Waals surface area contributed by atoms with Gasteiger partial charge in [0.25, 0.3) is 0 Å². The molecular weight excluding hydrogens is 226 g/mol. The standard InChI is InChI=1S/C15H17NO2/c1-10-4-6-11(7-5-10)14(18)12-9-16-15(2,3)8-13(12)17/h4-7,9,16H,8H2,1-3H3. The lowest BCUT2D eigenvalue weighted by atomic mass is 9.88. The number of carbonyl (C=O) groups is 2. The molecule has 3 nitrogen and oxygen atoms in total. The first-order valence-corrected chi connectivity index (χ1v) is 6.01. The zero-order valence-corrected chi connectivity index (χ0v) is 10.9. The van der Waals surface area contributed by atoms with Crippen LogP contribution in [0.3, 0.4) is 0 Å². The molecule has 0 spiro atoms. The Hall–Kier alpha value is -1.90. The zero-order valence-electron chi connectivity index (χ0n) is 10.9. The van der Waals surface area contributed by atoms with Gasteiger partial charge in [0.1, 0.15) is 0 Å². The predicted octanol–water partition coefficient (Wildman–Crippen LogP) is 2.40. The van der Waals surface area contributed by atoms with E-state index < -0.39 is 0 Å². The van der Waals surface area contributed by atoms with Gasteiger partial charge < -0.3 is 5.32 Å². The first-order chi connectivity index (χ1) is 8.39. The van der Waals surface area contributed by atoms with E-state index in [1.165, 1.54) is 0 Å². The Kier molecular flexibility index (Phi) is 3.07. The average molecular weight is 243 g/mol. The number of aryl methyl sites for hydroxylation is 1. The third-order valence-corrected chi connectivity index (χ3v) is 3.07. The molecule has 2 rings (SSSR count). The summed E-state index contributed by atoms with van der Waals surface area (Å²) in [7, 11) is 0. The van der Waals surface area contributed by atoms with Crippen molar-refractivity contribution >= 4 is 11.6 Å². The van der Waals surface area contributed by atoms with E-state index in [1.54, 1.807) is 18.3 Å². The fourth-order valence-electron chi connectivity index (χ4n) is 1.95. The van der Waals surface area contributed by atoms with E-state index in [0.717, 1.165) is 5.56 Å². The number of nitrogens with one attached hydrogen (secondary N) is 1. The molecule has 0 fully saturated rings. The van der Waals surface area contributed by atoms with Gasteiger partial charge in [-0.15, -0.1) is 0 Å². The molecule has 1 aromatic rings. The minimum absolute atomic E-state index is 0.0932. The first-order valence-electron chi connectivity index (χ1n) is 6.01. The fraction of sp³-hybridized carbons (Fsp3) is 0.333. The van der Waals surface area contributed by atoms with Gasteiger partial charge in [0.15, 0.2) is 11.6 Å². The summed E-state index contributed by atoms with van der Waals surface area (Å²) in [5, 5.41) is 3.10. The summed E-state index contributed by atoms with van der Waals surface area (Å²) < 4.78 is 0. The number of carbonyl (C=O) groups excluding carboxylic acids is 2. The molecule has 0 saturated carbocycles. The highest BCUT2D eigenvalue weighted by molar-refractivity contribution is 6.26. The maximum atomic E-state index is 12.2. The molecule has 0 amide bonds. The third kappa shape index (κ3) is 2.50. The van der Waals surface area contributed by atoms with Gasteiger partial charge in [-0.1, -0.05) is 29.8 Å². The van der Waals surface area contributed by atoms with Crippen molar-refractivity contribution in [3.8, 4) is 0 Å². The summed E-state index contributed by atoms with van der Waals surface area (Å²) >= 11 is 0. The molecule has 0 aromatic heterocycles. The van der Waals surface area contributed by atoms with Crippen molar-refractivity contribution < 1.29 is 9.59 Å². The van der Waals surface area contributed by atoms with Crippen LogP contribution in [0.5, 0.6) is 0 Å². The number of hydrogen-bond donors (Lipinski definition) is 1. The van der Waals surface area contributed by atoms with Crippen LogP contribution < -0.4 is 5.32 Å². The van der Waals surface area contributed by atoms with E-state index >= 15 is 0 Å². The summed E-state index contributed by atoms with van der Waals surface area (Å²) in [6.07, 6.45) is 1.89. The fourth-order valence-corrected chi connectivity index (χ4v) is 1.95. The quantitative estimate of drug-likeness (QED) is 0.641. The van der Waals surface area contributed by atoms with E-state index in [1.807, 2.05) is 32.9 Å². The third-order valence-electron chi connectivity index (χ3n) is 3.07. The van der Waals surface area contributed by atoms with E-state index in [2.05, 4.69) is 5.32 Å². The summed E-state index contributed by atoms with van der Waals surface area (Å²) in [6.45, 7) is 5.84. The Morgan fingerprint density at radius 2 is 1.83 bits per heavy atom. The first kappa shape index (κ1) is 12.6. The van der Waals surface area contributed by atoms with Crippen LogP contribution in [-0.4, -0.2) is 17.1 Å². The smallest absolute Gasteiger partial charge is 0.198 e. The van der Waals surface area contributed by atoms with Crippen molar-refractivity contribution in [1.82, 2.24) is 5.32 Å². The molecule has 0 radical (unpaired) electrons. The molecule has 0 atom stereocenters. The molecule has 0 saturated heterocycles. The Balaban J connectivity index is 2.27. The number of Topliss-reactive ketones (excluding diaryl/α,β-unsaturated/α-hetero) is 2. The van der Waals surface area contributed by atoms with Crippen LogP contribution in [-0.2, 0) is 4.79 Å². The Bertz CT molecular complexity index is 524. The monoisotopic (exact) mass is 243 g/mol. The maximum Gasteiger partial charge on any atom is 0.198 e. The molecule has 0 bridgehead atoms. The van der Waals surface area contributed by atoms with E-state index in [-0.39, 0.29) is 22.7 Å². The van der Waals surface area contributed by atoms with Crippen LogP contribution in [0.15, 0.2) is 36.0 Å². The highest BCUT2D eigenvalue weighted by Crippen LogP contribution is 2.21. The molecule has 18 heavy (non-hydrogen) atoms. The summed E-state index contributed by atoms with van der Waals surface area (Å²) in [5.41, 5.74) is 1.63. The molecule has 1 N–H and O–H groups in total. The lowest BCUT2D eigenvalue weighted by Gasteiger charge is -2.29. The molecule has 3 heteroatoms. The minimum atomic E-state index is -0.270. The van der Waals surface area contributed by atoms with Gasteiger partial charge in [-0.3, -0.25) is 9.59 Å². The lowest BCUT2D eigenvalue weighted by molar-refractivity contribution is -0.116.